The fourth-order valence-electron chi connectivity index (χ4n) is 3.33. The van der Waals surface area contributed by atoms with E-state index in [1.165, 1.54) is 4.88 Å². The summed E-state index contributed by atoms with van der Waals surface area (Å²) >= 11 is 1.65. The third kappa shape index (κ3) is 5.01. The molecule has 1 saturated heterocycles. The summed E-state index contributed by atoms with van der Waals surface area (Å²) in [5, 5.41) is 1.56. The summed E-state index contributed by atoms with van der Waals surface area (Å²) in [6, 6.07) is 11.0. The Bertz CT molecular complexity index is 868. The van der Waals surface area contributed by atoms with Gasteiger partial charge < -0.3 is 9.64 Å². The number of thiophene rings is 1. The van der Waals surface area contributed by atoms with Crippen LogP contribution in [0, 0.1) is 0 Å². The van der Waals surface area contributed by atoms with Crippen LogP contribution >= 0.6 is 11.3 Å². The lowest BCUT2D eigenvalue weighted by molar-refractivity contribution is -0.135. The maximum Gasteiger partial charge on any atom is 0.227 e. The van der Waals surface area contributed by atoms with E-state index in [0.29, 0.717) is 24.7 Å². The number of amides is 1. The molecule has 1 aliphatic rings. The van der Waals surface area contributed by atoms with Crippen LogP contribution in [0.5, 0.6) is 0 Å². The van der Waals surface area contributed by atoms with Crippen LogP contribution in [-0.4, -0.2) is 43.7 Å². The second-order valence-electron chi connectivity index (χ2n) is 7.36. The summed E-state index contributed by atoms with van der Waals surface area (Å²) < 4.78 is 30.0. The summed E-state index contributed by atoms with van der Waals surface area (Å²) in [5.41, 5.74) is 0.830. The highest BCUT2D eigenvalue weighted by Gasteiger charge is 2.26. The van der Waals surface area contributed by atoms with Crippen molar-refractivity contribution in [3.8, 4) is 0 Å². The molecule has 0 spiro atoms. The Labute approximate surface area is 171 Å². The summed E-state index contributed by atoms with van der Waals surface area (Å²) in [5.74, 6) is 0.0692. The van der Waals surface area contributed by atoms with E-state index in [2.05, 4.69) is 6.07 Å². The van der Waals surface area contributed by atoms with Crippen molar-refractivity contribution in [3.63, 3.8) is 0 Å². The monoisotopic (exact) mass is 421 g/mol. The van der Waals surface area contributed by atoms with Crippen molar-refractivity contribution >= 4 is 27.1 Å². The Morgan fingerprint density at radius 1 is 1.18 bits per heavy atom. The van der Waals surface area contributed by atoms with Crippen LogP contribution in [0.3, 0.4) is 0 Å². The van der Waals surface area contributed by atoms with Crippen molar-refractivity contribution < 1.29 is 17.9 Å². The SMILES string of the molecule is CC(C)S(=O)(=O)c1ccc(CC(=O)N(Cc2cccs2)C2CCOCC2)cc1. The minimum Gasteiger partial charge on any atom is -0.381 e. The molecule has 0 atom stereocenters. The molecule has 1 aromatic heterocycles. The van der Waals surface area contributed by atoms with Gasteiger partial charge in [-0.15, -0.1) is 11.3 Å². The molecule has 2 heterocycles. The Hall–Kier alpha value is -1.70. The Kier molecular flexibility index (Phi) is 6.91. The van der Waals surface area contributed by atoms with Crippen molar-refractivity contribution in [2.75, 3.05) is 13.2 Å². The zero-order valence-corrected chi connectivity index (χ0v) is 18.0. The lowest BCUT2D eigenvalue weighted by Crippen LogP contribution is -2.43. The van der Waals surface area contributed by atoms with Gasteiger partial charge >= 0.3 is 0 Å². The van der Waals surface area contributed by atoms with E-state index in [1.54, 1.807) is 49.4 Å². The normalized spacial score (nSPS) is 15.7. The Morgan fingerprint density at radius 2 is 1.86 bits per heavy atom. The van der Waals surface area contributed by atoms with E-state index in [9.17, 15) is 13.2 Å². The van der Waals surface area contributed by atoms with E-state index < -0.39 is 15.1 Å². The highest BCUT2D eigenvalue weighted by molar-refractivity contribution is 7.92. The van der Waals surface area contributed by atoms with Gasteiger partial charge in [-0.05, 0) is 55.8 Å². The Balaban J connectivity index is 1.74. The first-order chi connectivity index (χ1) is 13.4. The van der Waals surface area contributed by atoms with Gasteiger partial charge in [-0.2, -0.15) is 0 Å². The Morgan fingerprint density at radius 3 is 2.43 bits per heavy atom. The lowest BCUT2D eigenvalue weighted by atomic mass is 10.0. The maximum atomic E-state index is 13.1. The summed E-state index contributed by atoms with van der Waals surface area (Å²) in [4.78, 5) is 16.5. The van der Waals surface area contributed by atoms with Crippen LogP contribution in [0.25, 0.3) is 0 Å². The fraction of sp³-hybridized carbons (Fsp3) is 0.476. The van der Waals surface area contributed by atoms with Crippen LogP contribution in [-0.2, 0) is 32.3 Å². The van der Waals surface area contributed by atoms with E-state index in [0.717, 1.165) is 18.4 Å². The molecule has 0 N–H and O–H groups in total. The zero-order valence-electron chi connectivity index (χ0n) is 16.3. The van der Waals surface area contributed by atoms with Crippen molar-refractivity contribution in [2.45, 2.75) is 55.8 Å². The molecular formula is C21H27NO4S2. The molecular weight excluding hydrogens is 394 g/mol. The van der Waals surface area contributed by atoms with Gasteiger partial charge in [0.2, 0.25) is 5.91 Å². The van der Waals surface area contributed by atoms with Gasteiger partial charge in [-0.1, -0.05) is 18.2 Å². The molecule has 0 radical (unpaired) electrons. The van der Waals surface area contributed by atoms with Crippen LogP contribution in [0.4, 0.5) is 0 Å². The van der Waals surface area contributed by atoms with Gasteiger partial charge in [0.15, 0.2) is 9.84 Å². The van der Waals surface area contributed by atoms with E-state index in [1.807, 2.05) is 16.3 Å². The number of benzene rings is 1. The van der Waals surface area contributed by atoms with E-state index in [4.69, 9.17) is 4.74 Å². The molecule has 28 heavy (non-hydrogen) atoms. The quantitative estimate of drug-likeness (QED) is 0.684. The molecule has 2 aromatic rings. The number of carbonyl (C=O) groups excluding carboxylic acids is 1. The zero-order chi connectivity index (χ0) is 20.1. The second kappa shape index (κ2) is 9.20. The molecule has 0 aliphatic carbocycles. The molecule has 1 fully saturated rings. The fourth-order valence-corrected chi connectivity index (χ4v) is 5.10. The minimum absolute atomic E-state index is 0.0692. The predicted octanol–water partition coefficient (Wildman–Crippen LogP) is 3.68. The van der Waals surface area contributed by atoms with Gasteiger partial charge in [-0.25, -0.2) is 8.42 Å². The van der Waals surface area contributed by atoms with Crippen LogP contribution in [0.2, 0.25) is 0 Å². The van der Waals surface area contributed by atoms with Gasteiger partial charge in [-0.3, -0.25) is 4.79 Å². The van der Waals surface area contributed by atoms with Crippen LogP contribution in [0.15, 0.2) is 46.7 Å². The number of nitrogens with zero attached hydrogens (tertiary/aromatic N) is 1. The smallest absolute Gasteiger partial charge is 0.227 e. The van der Waals surface area contributed by atoms with E-state index in [-0.39, 0.29) is 18.4 Å². The summed E-state index contributed by atoms with van der Waals surface area (Å²) in [6.07, 6.45) is 1.97. The highest BCUT2D eigenvalue weighted by Crippen LogP contribution is 2.22. The number of hydrogen-bond donors (Lipinski definition) is 0. The largest absolute Gasteiger partial charge is 0.381 e. The average molecular weight is 422 g/mol. The van der Waals surface area contributed by atoms with Crippen molar-refractivity contribution in [1.29, 1.82) is 0 Å². The molecule has 0 unspecified atom stereocenters. The molecule has 5 nitrogen and oxygen atoms in total. The number of ether oxygens (including phenoxy) is 1. The van der Waals surface area contributed by atoms with Crippen LogP contribution < -0.4 is 0 Å². The maximum absolute atomic E-state index is 13.1. The third-order valence-corrected chi connectivity index (χ3v) is 8.12. The average Bonchev–Trinajstić information content (AvgIpc) is 3.20. The van der Waals surface area contributed by atoms with Crippen molar-refractivity contribution in [1.82, 2.24) is 4.90 Å². The molecule has 1 aliphatic heterocycles. The van der Waals surface area contributed by atoms with Crippen molar-refractivity contribution in [2.24, 2.45) is 0 Å². The molecule has 0 bridgehead atoms. The van der Waals surface area contributed by atoms with Gasteiger partial charge in [0.25, 0.3) is 0 Å². The first kappa shape index (κ1) is 21.0. The molecule has 0 saturated carbocycles. The van der Waals surface area contributed by atoms with E-state index >= 15 is 0 Å². The summed E-state index contributed by atoms with van der Waals surface area (Å²) in [7, 11) is -3.30. The van der Waals surface area contributed by atoms with Crippen molar-refractivity contribution in [3.05, 3.63) is 52.2 Å². The topological polar surface area (TPSA) is 63.7 Å². The van der Waals surface area contributed by atoms with Crippen LogP contribution in [0.1, 0.15) is 37.1 Å². The van der Waals surface area contributed by atoms with Gasteiger partial charge in [0.05, 0.1) is 23.1 Å². The summed E-state index contributed by atoms with van der Waals surface area (Å²) in [6.45, 7) is 5.31. The van der Waals surface area contributed by atoms with Gasteiger partial charge in [0, 0.05) is 24.1 Å². The number of hydrogen-bond acceptors (Lipinski definition) is 5. The third-order valence-electron chi connectivity index (χ3n) is 5.09. The molecule has 152 valence electrons. The minimum atomic E-state index is -3.30. The standard InChI is InChI=1S/C21H27NO4S2/c1-16(2)28(24,25)20-7-5-17(6-8-20)14-21(23)22(15-19-4-3-13-27-19)18-9-11-26-12-10-18/h3-8,13,16,18H,9-12,14-15H2,1-2H3. The molecule has 3 rings (SSSR count). The molecule has 1 amide bonds. The number of carbonyl (C=O) groups is 1. The number of sulfone groups is 1. The molecule has 7 heteroatoms. The highest BCUT2D eigenvalue weighted by atomic mass is 32.2. The first-order valence-corrected chi connectivity index (χ1v) is 12.0. The lowest BCUT2D eigenvalue weighted by Gasteiger charge is -2.34. The first-order valence-electron chi connectivity index (χ1n) is 9.60. The second-order valence-corrected chi connectivity index (χ2v) is 10.9. The van der Waals surface area contributed by atoms with Gasteiger partial charge in [0.1, 0.15) is 0 Å². The molecule has 1 aromatic carbocycles. The number of rotatable bonds is 7. The predicted molar refractivity (Wildman–Crippen MR) is 111 cm³/mol.